The molecule has 0 saturated heterocycles. The SMILES string of the molecule is CC(O)CC1=NC(C(=O)O)=CSC1(C)C. The predicted octanol–water partition coefficient (Wildman–Crippen LogP) is 1.65. The lowest BCUT2D eigenvalue weighted by Gasteiger charge is -2.28. The molecule has 0 saturated carbocycles. The summed E-state index contributed by atoms with van der Waals surface area (Å²) in [5.74, 6) is -1.03. The van der Waals surface area contributed by atoms with E-state index < -0.39 is 12.1 Å². The average molecular weight is 229 g/mol. The average Bonchev–Trinajstić information content (AvgIpc) is 2.07. The van der Waals surface area contributed by atoms with Gasteiger partial charge in [-0.05, 0) is 20.8 Å². The van der Waals surface area contributed by atoms with Crippen LogP contribution >= 0.6 is 11.8 Å². The molecule has 5 heteroatoms. The molecule has 2 N–H and O–H groups in total. The Morgan fingerprint density at radius 2 is 2.27 bits per heavy atom. The minimum absolute atomic E-state index is 0.0509. The summed E-state index contributed by atoms with van der Waals surface area (Å²) in [6, 6.07) is 0. The molecule has 1 aliphatic rings. The predicted molar refractivity (Wildman–Crippen MR) is 61.1 cm³/mol. The number of aliphatic carboxylic acids is 1. The fourth-order valence-corrected chi connectivity index (χ4v) is 2.07. The Hall–Kier alpha value is -0.810. The van der Waals surface area contributed by atoms with Gasteiger partial charge in [-0.2, -0.15) is 0 Å². The van der Waals surface area contributed by atoms with Gasteiger partial charge in [0, 0.05) is 17.5 Å². The first-order valence-corrected chi connectivity index (χ1v) is 5.58. The van der Waals surface area contributed by atoms with Crippen molar-refractivity contribution in [1.82, 2.24) is 0 Å². The van der Waals surface area contributed by atoms with Gasteiger partial charge in [0.2, 0.25) is 0 Å². The van der Waals surface area contributed by atoms with Gasteiger partial charge in [-0.1, -0.05) is 0 Å². The fourth-order valence-electron chi connectivity index (χ4n) is 1.25. The minimum atomic E-state index is -1.03. The number of carboxylic acid groups (broad SMARTS) is 1. The van der Waals surface area contributed by atoms with E-state index in [0.717, 1.165) is 5.71 Å². The number of rotatable bonds is 3. The van der Waals surface area contributed by atoms with E-state index in [4.69, 9.17) is 5.11 Å². The summed E-state index contributed by atoms with van der Waals surface area (Å²) in [4.78, 5) is 14.8. The Balaban J connectivity index is 2.94. The van der Waals surface area contributed by atoms with Crippen LogP contribution in [0.1, 0.15) is 27.2 Å². The monoisotopic (exact) mass is 229 g/mol. The van der Waals surface area contributed by atoms with Crippen molar-refractivity contribution in [2.45, 2.75) is 38.0 Å². The molecule has 0 aromatic heterocycles. The van der Waals surface area contributed by atoms with E-state index in [1.54, 1.807) is 12.3 Å². The number of nitrogens with zero attached hydrogens (tertiary/aromatic N) is 1. The van der Waals surface area contributed by atoms with Crippen molar-refractivity contribution in [3.05, 3.63) is 11.1 Å². The van der Waals surface area contributed by atoms with Crippen LogP contribution in [0.15, 0.2) is 16.1 Å². The maximum atomic E-state index is 10.7. The van der Waals surface area contributed by atoms with Crippen molar-refractivity contribution < 1.29 is 15.0 Å². The van der Waals surface area contributed by atoms with Gasteiger partial charge in [0.25, 0.3) is 0 Å². The number of aliphatic imine (C=N–C) groups is 1. The normalized spacial score (nSPS) is 21.6. The zero-order valence-electron chi connectivity index (χ0n) is 9.02. The number of aliphatic hydroxyl groups is 1. The number of aliphatic hydroxyl groups excluding tert-OH is 1. The molecule has 1 unspecified atom stereocenters. The highest BCUT2D eigenvalue weighted by molar-refractivity contribution is 8.04. The lowest BCUT2D eigenvalue weighted by atomic mass is 10.0. The molecule has 0 aromatic rings. The van der Waals surface area contributed by atoms with Crippen molar-refractivity contribution in [2.75, 3.05) is 0 Å². The van der Waals surface area contributed by atoms with Gasteiger partial charge < -0.3 is 10.2 Å². The van der Waals surface area contributed by atoms with Crippen LogP contribution in [-0.2, 0) is 4.79 Å². The second kappa shape index (κ2) is 4.37. The molecular weight excluding hydrogens is 214 g/mol. The van der Waals surface area contributed by atoms with Gasteiger partial charge in [0.1, 0.15) is 0 Å². The van der Waals surface area contributed by atoms with Gasteiger partial charge >= 0.3 is 5.97 Å². The third-order valence-electron chi connectivity index (χ3n) is 2.12. The van der Waals surface area contributed by atoms with Gasteiger partial charge in [-0.3, -0.25) is 0 Å². The summed E-state index contributed by atoms with van der Waals surface area (Å²) < 4.78 is -0.240. The van der Waals surface area contributed by atoms with E-state index in [1.165, 1.54) is 11.8 Å². The van der Waals surface area contributed by atoms with Crippen LogP contribution < -0.4 is 0 Å². The van der Waals surface area contributed by atoms with E-state index >= 15 is 0 Å². The lowest BCUT2D eigenvalue weighted by molar-refractivity contribution is -0.132. The minimum Gasteiger partial charge on any atom is -0.476 e. The van der Waals surface area contributed by atoms with Crippen LogP contribution in [0, 0.1) is 0 Å². The lowest BCUT2D eigenvalue weighted by Crippen LogP contribution is -2.32. The van der Waals surface area contributed by atoms with Crippen molar-refractivity contribution in [3.63, 3.8) is 0 Å². The van der Waals surface area contributed by atoms with Gasteiger partial charge in [-0.25, -0.2) is 9.79 Å². The summed E-state index contributed by atoms with van der Waals surface area (Å²) in [5.41, 5.74) is 0.775. The second-order valence-electron chi connectivity index (χ2n) is 4.05. The maximum Gasteiger partial charge on any atom is 0.355 e. The zero-order valence-corrected chi connectivity index (χ0v) is 9.84. The Morgan fingerprint density at radius 3 is 2.73 bits per heavy atom. The molecule has 1 atom stereocenters. The molecule has 1 heterocycles. The third kappa shape index (κ3) is 3.07. The summed E-state index contributed by atoms with van der Waals surface area (Å²) in [6.07, 6.45) is -0.0956. The number of hydrogen-bond donors (Lipinski definition) is 2. The third-order valence-corrected chi connectivity index (χ3v) is 3.29. The maximum absolute atomic E-state index is 10.7. The van der Waals surface area contributed by atoms with Crippen molar-refractivity contribution in [1.29, 1.82) is 0 Å². The molecule has 1 rings (SSSR count). The molecule has 15 heavy (non-hydrogen) atoms. The molecule has 4 nitrogen and oxygen atoms in total. The van der Waals surface area contributed by atoms with E-state index in [9.17, 15) is 9.90 Å². The number of hydrogen-bond acceptors (Lipinski definition) is 4. The van der Waals surface area contributed by atoms with E-state index in [2.05, 4.69) is 4.99 Å². The van der Waals surface area contributed by atoms with Gasteiger partial charge in [-0.15, -0.1) is 11.8 Å². The van der Waals surface area contributed by atoms with Crippen LogP contribution in [0.2, 0.25) is 0 Å². The second-order valence-corrected chi connectivity index (χ2v) is 5.54. The Labute approximate surface area is 93.1 Å². The molecule has 84 valence electrons. The van der Waals surface area contributed by atoms with E-state index in [1.807, 2.05) is 13.8 Å². The van der Waals surface area contributed by atoms with Crippen LogP contribution in [0.5, 0.6) is 0 Å². The van der Waals surface area contributed by atoms with Gasteiger partial charge in [0.15, 0.2) is 5.70 Å². The standard InChI is InChI=1S/C10H15NO3S/c1-6(12)4-8-10(2,3)15-5-7(11-8)9(13)14/h5-6,12H,4H2,1-3H3,(H,13,14). The summed E-state index contributed by atoms with van der Waals surface area (Å²) >= 11 is 1.42. The Bertz CT molecular complexity index is 332. The molecule has 0 aromatic carbocycles. The topological polar surface area (TPSA) is 69.9 Å². The first-order valence-electron chi connectivity index (χ1n) is 4.70. The number of carbonyl (C=O) groups is 1. The summed E-state index contributed by atoms with van der Waals surface area (Å²) in [7, 11) is 0. The summed E-state index contributed by atoms with van der Waals surface area (Å²) in [6.45, 7) is 5.60. The van der Waals surface area contributed by atoms with Crippen LogP contribution in [0.3, 0.4) is 0 Å². The van der Waals surface area contributed by atoms with Crippen molar-refractivity contribution >= 4 is 23.4 Å². The van der Waals surface area contributed by atoms with E-state index in [-0.39, 0.29) is 10.4 Å². The smallest absolute Gasteiger partial charge is 0.355 e. The molecular formula is C10H15NO3S. The quantitative estimate of drug-likeness (QED) is 0.772. The van der Waals surface area contributed by atoms with Crippen LogP contribution in [0.4, 0.5) is 0 Å². The highest BCUT2D eigenvalue weighted by Crippen LogP contribution is 2.34. The van der Waals surface area contributed by atoms with Crippen LogP contribution in [-0.4, -0.2) is 32.7 Å². The highest BCUT2D eigenvalue weighted by atomic mass is 32.2. The van der Waals surface area contributed by atoms with Crippen molar-refractivity contribution in [2.24, 2.45) is 4.99 Å². The molecule has 0 radical (unpaired) electrons. The highest BCUT2D eigenvalue weighted by Gasteiger charge is 2.30. The summed E-state index contributed by atoms with van der Waals surface area (Å²) in [5, 5.41) is 19.7. The molecule has 0 aliphatic carbocycles. The molecule has 0 amide bonds. The Morgan fingerprint density at radius 1 is 1.67 bits per heavy atom. The number of thioether (sulfide) groups is 1. The van der Waals surface area contributed by atoms with Crippen LogP contribution in [0.25, 0.3) is 0 Å². The van der Waals surface area contributed by atoms with E-state index in [0.29, 0.717) is 6.42 Å². The molecule has 0 bridgehead atoms. The largest absolute Gasteiger partial charge is 0.476 e. The van der Waals surface area contributed by atoms with Gasteiger partial charge in [0.05, 0.1) is 10.9 Å². The molecule has 1 aliphatic heterocycles. The molecule has 0 fully saturated rings. The van der Waals surface area contributed by atoms with Crippen molar-refractivity contribution in [3.8, 4) is 0 Å². The fraction of sp³-hybridized carbons (Fsp3) is 0.600. The first-order chi connectivity index (χ1) is 6.83. The molecule has 0 spiro atoms. The Kier molecular flexibility index (Phi) is 3.57. The zero-order chi connectivity index (χ0) is 11.6. The number of carboxylic acids is 1. The first kappa shape index (κ1) is 12.3.